The van der Waals surface area contributed by atoms with Crippen molar-refractivity contribution < 1.29 is 9.18 Å². The first-order valence-corrected chi connectivity index (χ1v) is 6.55. The summed E-state index contributed by atoms with van der Waals surface area (Å²) in [5.74, 6) is -0.618. The molecule has 1 amide bonds. The largest absolute Gasteiger partial charge is 0.345 e. The number of aromatic nitrogens is 3. The van der Waals surface area contributed by atoms with Crippen LogP contribution in [0.1, 0.15) is 16.2 Å². The van der Waals surface area contributed by atoms with Crippen LogP contribution in [0.5, 0.6) is 0 Å². The van der Waals surface area contributed by atoms with E-state index in [4.69, 9.17) is 11.6 Å². The molecule has 2 heterocycles. The smallest absolute Gasteiger partial charge is 0.254 e. The van der Waals surface area contributed by atoms with E-state index in [-0.39, 0.29) is 12.1 Å². The Bertz CT molecular complexity index is 818. The quantitative estimate of drug-likeness (QED) is 0.808. The number of amides is 1. The van der Waals surface area contributed by atoms with Crippen molar-refractivity contribution in [2.75, 3.05) is 0 Å². The van der Waals surface area contributed by atoms with E-state index >= 15 is 0 Å². The van der Waals surface area contributed by atoms with Gasteiger partial charge in [-0.1, -0.05) is 17.7 Å². The molecule has 0 saturated carbocycles. The fraction of sp³-hybridized carbons (Fsp3) is 0.0714. The lowest BCUT2D eigenvalue weighted by Crippen LogP contribution is -2.25. The van der Waals surface area contributed by atoms with Crippen LogP contribution in [-0.4, -0.2) is 20.5 Å². The molecule has 0 unspecified atom stereocenters. The molecule has 0 spiro atoms. The lowest BCUT2D eigenvalue weighted by atomic mass is 10.2. The lowest BCUT2D eigenvalue weighted by Gasteiger charge is -2.05. The standard InChI is InChI=1S/C14H10ClFN4O/c15-9-4-5-11(16)10(7-9)14(21)17-8-13-19-18-12-3-1-2-6-20(12)13/h1-7H,8H2,(H,17,21). The number of pyridine rings is 1. The molecule has 0 radical (unpaired) electrons. The maximum absolute atomic E-state index is 13.6. The van der Waals surface area contributed by atoms with Gasteiger partial charge >= 0.3 is 0 Å². The molecule has 5 nitrogen and oxygen atoms in total. The third-order valence-corrected chi connectivity index (χ3v) is 3.20. The Morgan fingerprint density at radius 1 is 1.29 bits per heavy atom. The predicted octanol–water partition coefficient (Wildman–Crippen LogP) is 2.45. The van der Waals surface area contributed by atoms with Crippen molar-refractivity contribution in [1.82, 2.24) is 19.9 Å². The molecule has 3 rings (SSSR count). The highest BCUT2D eigenvalue weighted by atomic mass is 35.5. The van der Waals surface area contributed by atoms with Crippen LogP contribution in [0.4, 0.5) is 4.39 Å². The Labute approximate surface area is 124 Å². The van der Waals surface area contributed by atoms with Crippen LogP contribution >= 0.6 is 11.6 Å². The summed E-state index contributed by atoms with van der Waals surface area (Å²) in [6.45, 7) is 0.135. The normalized spacial score (nSPS) is 10.8. The summed E-state index contributed by atoms with van der Waals surface area (Å²) in [6, 6.07) is 9.30. The molecule has 2 aromatic heterocycles. The number of nitrogens with zero attached hydrogens (tertiary/aromatic N) is 3. The first-order chi connectivity index (χ1) is 10.1. The van der Waals surface area contributed by atoms with Gasteiger partial charge in [0.1, 0.15) is 5.82 Å². The molecule has 1 N–H and O–H groups in total. The first kappa shape index (κ1) is 13.5. The molecule has 0 fully saturated rings. The molecule has 0 aliphatic heterocycles. The molecule has 7 heteroatoms. The summed E-state index contributed by atoms with van der Waals surface area (Å²) in [4.78, 5) is 12.0. The van der Waals surface area contributed by atoms with Crippen molar-refractivity contribution in [2.24, 2.45) is 0 Å². The lowest BCUT2D eigenvalue weighted by molar-refractivity contribution is 0.0945. The van der Waals surface area contributed by atoms with Gasteiger partial charge in [0.2, 0.25) is 0 Å². The fourth-order valence-corrected chi connectivity index (χ4v) is 2.11. The third kappa shape index (κ3) is 2.71. The molecule has 0 aliphatic rings. The molecule has 0 atom stereocenters. The van der Waals surface area contributed by atoms with Crippen molar-refractivity contribution in [1.29, 1.82) is 0 Å². The van der Waals surface area contributed by atoms with Crippen molar-refractivity contribution in [3.8, 4) is 0 Å². The Morgan fingerprint density at radius 2 is 2.14 bits per heavy atom. The Balaban J connectivity index is 1.78. The van der Waals surface area contributed by atoms with Gasteiger partial charge in [-0.2, -0.15) is 0 Å². The zero-order valence-electron chi connectivity index (χ0n) is 10.8. The second-order valence-corrected chi connectivity index (χ2v) is 4.79. The maximum atomic E-state index is 13.6. The van der Waals surface area contributed by atoms with E-state index in [0.29, 0.717) is 16.5 Å². The van der Waals surface area contributed by atoms with E-state index in [0.717, 1.165) is 6.07 Å². The van der Waals surface area contributed by atoms with Gasteiger partial charge in [0.25, 0.3) is 5.91 Å². The molecular formula is C14H10ClFN4O. The van der Waals surface area contributed by atoms with E-state index in [1.165, 1.54) is 12.1 Å². The monoisotopic (exact) mass is 304 g/mol. The van der Waals surface area contributed by atoms with Gasteiger partial charge in [0, 0.05) is 11.2 Å². The Morgan fingerprint density at radius 3 is 3.00 bits per heavy atom. The van der Waals surface area contributed by atoms with Crippen molar-refractivity contribution in [2.45, 2.75) is 6.54 Å². The van der Waals surface area contributed by atoms with Crippen LogP contribution in [0.2, 0.25) is 5.02 Å². The van der Waals surface area contributed by atoms with Crippen LogP contribution in [0.25, 0.3) is 5.65 Å². The van der Waals surface area contributed by atoms with Crippen LogP contribution in [0.3, 0.4) is 0 Å². The van der Waals surface area contributed by atoms with E-state index in [1.807, 2.05) is 12.1 Å². The van der Waals surface area contributed by atoms with E-state index < -0.39 is 11.7 Å². The molecule has 3 aromatic rings. The predicted molar refractivity (Wildman–Crippen MR) is 75.6 cm³/mol. The van der Waals surface area contributed by atoms with Gasteiger partial charge in [-0.15, -0.1) is 10.2 Å². The number of halogens is 2. The molecule has 106 valence electrons. The topological polar surface area (TPSA) is 59.3 Å². The number of carbonyl (C=O) groups is 1. The van der Waals surface area contributed by atoms with Crippen LogP contribution in [-0.2, 0) is 6.54 Å². The van der Waals surface area contributed by atoms with E-state index in [9.17, 15) is 9.18 Å². The van der Waals surface area contributed by atoms with E-state index in [1.54, 1.807) is 16.7 Å². The molecule has 1 aromatic carbocycles. The van der Waals surface area contributed by atoms with Gasteiger partial charge < -0.3 is 5.32 Å². The fourth-order valence-electron chi connectivity index (χ4n) is 1.94. The summed E-state index contributed by atoms with van der Waals surface area (Å²) >= 11 is 5.77. The maximum Gasteiger partial charge on any atom is 0.254 e. The van der Waals surface area contributed by atoms with Crippen molar-refractivity contribution in [3.05, 3.63) is 64.8 Å². The number of fused-ring (bicyclic) bond motifs is 1. The van der Waals surface area contributed by atoms with Gasteiger partial charge in [-0.3, -0.25) is 9.20 Å². The zero-order valence-corrected chi connectivity index (χ0v) is 11.5. The van der Waals surface area contributed by atoms with E-state index in [2.05, 4.69) is 15.5 Å². The first-order valence-electron chi connectivity index (χ1n) is 6.17. The minimum absolute atomic E-state index is 0.101. The number of benzene rings is 1. The van der Waals surface area contributed by atoms with Gasteiger partial charge in [0.15, 0.2) is 11.5 Å². The number of carbonyl (C=O) groups excluding carboxylic acids is 1. The molecule has 21 heavy (non-hydrogen) atoms. The highest BCUT2D eigenvalue weighted by molar-refractivity contribution is 6.30. The number of hydrogen-bond acceptors (Lipinski definition) is 3. The Kier molecular flexibility index (Phi) is 3.53. The van der Waals surface area contributed by atoms with Gasteiger partial charge in [0.05, 0.1) is 12.1 Å². The molecule has 0 aliphatic carbocycles. The number of nitrogens with one attached hydrogen (secondary N) is 1. The summed E-state index contributed by atoms with van der Waals surface area (Å²) in [6.07, 6.45) is 1.79. The molecule has 0 saturated heterocycles. The summed E-state index contributed by atoms with van der Waals surface area (Å²) in [7, 11) is 0. The molecule has 0 bridgehead atoms. The summed E-state index contributed by atoms with van der Waals surface area (Å²) < 4.78 is 15.3. The minimum Gasteiger partial charge on any atom is -0.345 e. The van der Waals surface area contributed by atoms with Gasteiger partial charge in [-0.05, 0) is 30.3 Å². The highest BCUT2D eigenvalue weighted by Crippen LogP contribution is 2.14. The second kappa shape index (κ2) is 5.49. The zero-order chi connectivity index (χ0) is 14.8. The third-order valence-electron chi connectivity index (χ3n) is 2.96. The molecular weight excluding hydrogens is 295 g/mol. The SMILES string of the molecule is O=C(NCc1nnc2ccccn12)c1cc(Cl)ccc1F. The van der Waals surface area contributed by atoms with Crippen molar-refractivity contribution >= 4 is 23.2 Å². The van der Waals surface area contributed by atoms with Crippen LogP contribution in [0, 0.1) is 5.82 Å². The summed E-state index contributed by atoms with van der Waals surface area (Å²) in [5, 5.41) is 10.8. The van der Waals surface area contributed by atoms with Gasteiger partial charge in [-0.25, -0.2) is 4.39 Å². The highest BCUT2D eigenvalue weighted by Gasteiger charge is 2.13. The number of hydrogen-bond donors (Lipinski definition) is 1. The Hall–Kier alpha value is -2.47. The van der Waals surface area contributed by atoms with Crippen LogP contribution in [0.15, 0.2) is 42.6 Å². The summed E-state index contributed by atoms with van der Waals surface area (Å²) in [5.41, 5.74) is 0.576. The minimum atomic E-state index is -0.622. The average Bonchev–Trinajstić information content (AvgIpc) is 2.90. The van der Waals surface area contributed by atoms with Crippen LogP contribution < -0.4 is 5.32 Å². The van der Waals surface area contributed by atoms with Crippen molar-refractivity contribution in [3.63, 3.8) is 0 Å². The average molecular weight is 305 g/mol. The second-order valence-electron chi connectivity index (χ2n) is 4.35. The number of rotatable bonds is 3.